The van der Waals surface area contributed by atoms with Crippen LogP contribution >= 0.6 is 0 Å². The van der Waals surface area contributed by atoms with Crippen LogP contribution in [0.3, 0.4) is 0 Å². The number of carbonyl (C=O) groups is 4. The lowest BCUT2D eigenvalue weighted by Gasteiger charge is -2.15. The molecule has 21 heavy (non-hydrogen) atoms. The van der Waals surface area contributed by atoms with Gasteiger partial charge < -0.3 is 20.1 Å². The minimum absolute atomic E-state index is 0.324. The van der Waals surface area contributed by atoms with Crippen molar-refractivity contribution in [2.75, 3.05) is 0 Å². The Kier molecular flexibility index (Phi) is 5.56. The molecule has 0 heterocycles. The maximum absolute atomic E-state index is 11.6. The molecule has 0 spiro atoms. The van der Waals surface area contributed by atoms with Crippen molar-refractivity contribution in [1.82, 2.24) is 0 Å². The average Bonchev–Trinajstić information content (AvgIpc) is 2.44. The number of carbonyl (C=O) groups excluding carboxylic acids is 2. The van der Waals surface area contributed by atoms with Crippen LogP contribution in [0.25, 0.3) is 0 Å². The molecule has 0 radical (unpaired) electrons. The topological polar surface area (TPSA) is 138 Å². The molecule has 0 saturated heterocycles. The molecule has 0 aliphatic heterocycles. The average molecular weight is 296 g/mol. The monoisotopic (exact) mass is 296 g/mol. The Morgan fingerprint density at radius 3 is 2.05 bits per heavy atom. The Balaban J connectivity index is 2.71. The van der Waals surface area contributed by atoms with Gasteiger partial charge in [-0.05, 0) is 5.56 Å². The summed E-state index contributed by atoms with van der Waals surface area (Å²) in [5.41, 5.74) is 0.505. The maximum Gasteiger partial charge on any atom is 0.375 e. The number of ketones is 1. The van der Waals surface area contributed by atoms with E-state index in [4.69, 9.17) is 15.3 Å². The molecule has 0 saturated carbocycles. The smallest absolute Gasteiger partial charge is 0.375 e. The maximum atomic E-state index is 11.6. The molecule has 0 aromatic heterocycles. The van der Waals surface area contributed by atoms with Gasteiger partial charge in [0.25, 0.3) is 0 Å². The number of rotatable bonds is 7. The second-order valence-electron chi connectivity index (χ2n) is 4.03. The summed E-state index contributed by atoms with van der Waals surface area (Å²) >= 11 is 0. The van der Waals surface area contributed by atoms with Crippen molar-refractivity contribution < 1.29 is 39.2 Å². The quantitative estimate of drug-likeness (QED) is 0.441. The van der Waals surface area contributed by atoms with Gasteiger partial charge in [-0.15, -0.1) is 0 Å². The zero-order valence-corrected chi connectivity index (χ0v) is 10.6. The normalized spacial score (nSPS) is 13.0. The fraction of sp³-hybridized carbons (Fsp3) is 0.231. The highest BCUT2D eigenvalue weighted by Gasteiger charge is 2.37. The van der Waals surface area contributed by atoms with Gasteiger partial charge in [-0.1, -0.05) is 30.3 Å². The lowest BCUT2D eigenvalue weighted by Crippen LogP contribution is -2.44. The Labute approximate surface area is 118 Å². The Morgan fingerprint density at radius 1 is 1.00 bits per heavy atom. The van der Waals surface area contributed by atoms with E-state index in [0.717, 1.165) is 0 Å². The summed E-state index contributed by atoms with van der Waals surface area (Å²) in [4.78, 5) is 44.3. The molecule has 2 unspecified atom stereocenters. The van der Waals surface area contributed by atoms with Crippen molar-refractivity contribution in [2.45, 2.75) is 18.6 Å². The molecule has 112 valence electrons. The van der Waals surface area contributed by atoms with Crippen molar-refractivity contribution >= 4 is 23.7 Å². The molecule has 0 fully saturated rings. The molecule has 0 bridgehead atoms. The number of esters is 1. The molecule has 1 aromatic rings. The molecule has 2 atom stereocenters. The number of aliphatic carboxylic acids is 2. The molecule has 1 aromatic carbocycles. The van der Waals surface area contributed by atoms with Gasteiger partial charge in [0, 0.05) is 6.42 Å². The van der Waals surface area contributed by atoms with Gasteiger partial charge in [-0.3, -0.25) is 4.79 Å². The van der Waals surface area contributed by atoms with Crippen LogP contribution in [0.15, 0.2) is 30.3 Å². The molecule has 0 aliphatic rings. The van der Waals surface area contributed by atoms with E-state index in [1.165, 1.54) is 0 Å². The highest BCUT2D eigenvalue weighted by atomic mass is 16.6. The number of aliphatic hydroxyl groups excluding tert-OH is 1. The fourth-order valence-electron chi connectivity index (χ4n) is 1.41. The van der Waals surface area contributed by atoms with E-state index in [2.05, 4.69) is 4.74 Å². The summed E-state index contributed by atoms with van der Waals surface area (Å²) in [6.07, 6.45) is -5.14. The van der Waals surface area contributed by atoms with Crippen LogP contribution in [-0.2, 0) is 30.3 Å². The third kappa shape index (κ3) is 4.69. The largest absolute Gasteiger partial charge is 0.479 e. The lowest BCUT2D eigenvalue weighted by atomic mass is 10.1. The van der Waals surface area contributed by atoms with E-state index in [9.17, 15) is 19.2 Å². The number of Topliss-reactive ketones (excluding diaryl/α,β-unsaturated/α-hetero) is 1. The first-order valence-electron chi connectivity index (χ1n) is 5.74. The van der Waals surface area contributed by atoms with E-state index in [0.29, 0.717) is 5.56 Å². The molecule has 8 heteroatoms. The van der Waals surface area contributed by atoms with E-state index < -0.39 is 35.9 Å². The first-order valence-corrected chi connectivity index (χ1v) is 5.74. The van der Waals surface area contributed by atoms with E-state index >= 15 is 0 Å². The minimum Gasteiger partial charge on any atom is -0.479 e. The number of aliphatic hydroxyl groups is 1. The number of benzene rings is 1. The third-order valence-electron chi connectivity index (χ3n) is 2.45. The Hall–Kier alpha value is -2.74. The lowest BCUT2D eigenvalue weighted by molar-refractivity contribution is -0.179. The molecule has 3 N–H and O–H groups in total. The fourth-order valence-corrected chi connectivity index (χ4v) is 1.41. The molecular weight excluding hydrogens is 284 g/mol. The summed E-state index contributed by atoms with van der Waals surface area (Å²) in [6.45, 7) is 0. The van der Waals surface area contributed by atoms with Crippen LogP contribution in [0.2, 0.25) is 0 Å². The van der Waals surface area contributed by atoms with Gasteiger partial charge in [0.2, 0.25) is 11.9 Å². The summed E-state index contributed by atoms with van der Waals surface area (Å²) < 4.78 is 4.25. The van der Waals surface area contributed by atoms with Gasteiger partial charge in [0.05, 0.1) is 0 Å². The number of hydrogen-bond acceptors (Lipinski definition) is 6. The first-order chi connectivity index (χ1) is 9.82. The predicted octanol–water partition coefficient (Wildman–Crippen LogP) is -0.760. The van der Waals surface area contributed by atoms with Gasteiger partial charge in [-0.2, -0.15) is 0 Å². The van der Waals surface area contributed by atoms with Crippen LogP contribution in [0.1, 0.15) is 5.56 Å². The Morgan fingerprint density at radius 2 is 1.57 bits per heavy atom. The number of carboxylic acids is 2. The van der Waals surface area contributed by atoms with Crippen molar-refractivity contribution in [3.05, 3.63) is 35.9 Å². The second kappa shape index (κ2) is 7.15. The van der Waals surface area contributed by atoms with Gasteiger partial charge in [0.15, 0.2) is 6.10 Å². The van der Waals surface area contributed by atoms with E-state index in [1.54, 1.807) is 30.3 Å². The second-order valence-corrected chi connectivity index (χ2v) is 4.03. The standard InChI is InChI=1S/C13H12O8/c14-8(6-7-4-2-1-3-5-7)13(20)21-10(12(18)19)9(15)11(16)17/h1-5,9-10,15H,6H2,(H,16,17)(H,18,19). The summed E-state index contributed by atoms with van der Waals surface area (Å²) in [6, 6.07) is 8.14. The van der Waals surface area contributed by atoms with Gasteiger partial charge >= 0.3 is 17.9 Å². The van der Waals surface area contributed by atoms with Crippen molar-refractivity contribution in [3.63, 3.8) is 0 Å². The first kappa shape index (κ1) is 16.3. The van der Waals surface area contributed by atoms with Crippen molar-refractivity contribution in [3.8, 4) is 0 Å². The van der Waals surface area contributed by atoms with E-state index in [-0.39, 0.29) is 6.42 Å². The molecule has 0 aliphatic carbocycles. The molecule has 1 rings (SSSR count). The van der Waals surface area contributed by atoms with Gasteiger partial charge in [0.1, 0.15) is 0 Å². The minimum atomic E-state index is -2.46. The van der Waals surface area contributed by atoms with Crippen molar-refractivity contribution in [1.29, 1.82) is 0 Å². The van der Waals surface area contributed by atoms with Crippen LogP contribution in [0.4, 0.5) is 0 Å². The Bertz CT molecular complexity index is 551. The zero-order chi connectivity index (χ0) is 16.0. The SMILES string of the molecule is O=C(Cc1ccccc1)C(=O)OC(C(=O)O)C(O)C(=O)O. The van der Waals surface area contributed by atoms with Crippen molar-refractivity contribution in [2.24, 2.45) is 0 Å². The molecule has 8 nitrogen and oxygen atoms in total. The van der Waals surface area contributed by atoms with Gasteiger partial charge in [-0.25, -0.2) is 14.4 Å². The number of ether oxygens (including phenoxy) is 1. The third-order valence-corrected chi connectivity index (χ3v) is 2.45. The van der Waals surface area contributed by atoms with Crippen LogP contribution in [-0.4, -0.2) is 51.2 Å². The van der Waals surface area contributed by atoms with E-state index in [1.807, 2.05) is 0 Å². The molecule has 0 amide bonds. The highest BCUT2D eigenvalue weighted by molar-refractivity contribution is 6.34. The zero-order valence-electron chi connectivity index (χ0n) is 10.6. The molecular formula is C13H12O8. The predicted molar refractivity (Wildman–Crippen MR) is 66.3 cm³/mol. The van der Waals surface area contributed by atoms with Crippen LogP contribution in [0, 0.1) is 0 Å². The summed E-state index contributed by atoms with van der Waals surface area (Å²) in [5.74, 6) is -6.33. The van der Waals surface area contributed by atoms with Crippen LogP contribution < -0.4 is 0 Å². The number of carboxylic acid groups (broad SMARTS) is 2. The number of hydrogen-bond donors (Lipinski definition) is 3. The summed E-state index contributed by atoms with van der Waals surface area (Å²) in [7, 11) is 0. The highest BCUT2D eigenvalue weighted by Crippen LogP contribution is 2.05. The van der Waals surface area contributed by atoms with Crippen LogP contribution in [0.5, 0.6) is 0 Å². The summed E-state index contributed by atoms with van der Waals surface area (Å²) in [5, 5.41) is 26.3.